The Labute approximate surface area is 192 Å². The van der Waals surface area contributed by atoms with Crippen LogP contribution in [0.5, 0.6) is 0 Å². The van der Waals surface area contributed by atoms with E-state index in [0.717, 1.165) is 28.8 Å². The van der Waals surface area contributed by atoms with Crippen LogP contribution in [-0.4, -0.2) is 5.91 Å². The third-order valence-corrected chi connectivity index (χ3v) is 7.09. The number of allylic oxidation sites excluding steroid dienone is 2. The zero-order chi connectivity index (χ0) is 21.4. The maximum atomic E-state index is 13.1. The number of carbonyl (C=O) groups is 1. The average Bonchev–Trinajstić information content (AvgIpc) is 3.29. The van der Waals surface area contributed by atoms with Gasteiger partial charge in [0.15, 0.2) is 0 Å². The lowest BCUT2D eigenvalue weighted by Gasteiger charge is -2.38. The van der Waals surface area contributed by atoms with Gasteiger partial charge in [-0.2, -0.15) is 0 Å². The highest BCUT2D eigenvalue weighted by atomic mass is 35.5. The molecule has 5 rings (SSSR count). The summed E-state index contributed by atoms with van der Waals surface area (Å²) >= 11 is 12.9. The average molecular weight is 449 g/mol. The van der Waals surface area contributed by atoms with Gasteiger partial charge in [0.1, 0.15) is 0 Å². The maximum Gasteiger partial charge on any atom is 0.253 e. The van der Waals surface area contributed by atoms with Crippen molar-refractivity contribution >= 4 is 34.8 Å². The molecule has 0 aromatic heterocycles. The zero-order valence-corrected chi connectivity index (χ0v) is 18.3. The summed E-state index contributed by atoms with van der Waals surface area (Å²) in [5, 5.41) is 7.83. The van der Waals surface area contributed by atoms with Gasteiger partial charge >= 0.3 is 0 Å². The highest BCUT2D eigenvalue weighted by Crippen LogP contribution is 2.52. The zero-order valence-electron chi connectivity index (χ0n) is 16.8. The SMILES string of the molecule is O=C(NCc1ccccc1)c1cccc2c1NC(c1cccc(Cl)c1Cl)C1CC=CC21. The second-order valence-electron chi connectivity index (χ2n) is 8.06. The van der Waals surface area contributed by atoms with E-state index < -0.39 is 0 Å². The van der Waals surface area contributed by atoms with Crippen molar-refractivity contribution in [2.45, 2.75) is 24.9 Å². The summed E-state index contributed by atoms with van der Waals surface area (Å²) in [4.78, 5) is 13.1. The Balaban J connectivity index is 1.50. The van der Waals surface area contributed by atoms with Gasteiger partial charge in [-0.25, -0.2) is 0 Å². The lowest BCUT2D eigenvalue weighted by atomic mass is 9.76. The molecular formula is C26H22Cl2N2O. The second-order valence-corrected chi connectivity index (χ2v) is 8.84. The molecule has 2 N–H and O–H groups in total. The van der Waals surface area contributed by atoms with Gasteiger partial charge in [-0.1, -0.05) is 90.0 Å². The van der Waals surface area contributed by atoms with Crippen molar-refractivity contribution in [2.24, 2.45) is 5.92 Å². The number of amides is 1. The van der Waals surface area contributed by atoms with Gasteiger partial charge < -0.3 is 10.6 Å². The number of benzene rings is 3. The Morgan fingerprint density at radius 3 is 2.58 bits per heavy atom. The smallest absolute Gasteiger partial charge is 0.253 e. The topological polar surface area (TPSA) is 41.1 Å². The van der Waals surface area contributed by atoms with Gasteiger partial charge in [0.2, 0.25) is 0 Å². The fraction of sp³-hybridized carbons (Fsp3) is 0.192. The van der Waals surface area contributed by atoms with Crippen LogP contribution >= 0.6 is 23.2 Å². The molecule has 0 radical (unpaired) electrons. The third kappa shape index (κ3) is 3.73. The third-order valence-electron chi connectivity index (χ3n) is 6.25. The highest BCUT2D eigenvalue weighted by molar-refractivity contribution is 6.42. The van der Waals surface area contributed by atoms with E-state index in [1.807, 2.05) is 54.6 Å². The predicted octanol–water partition coefficient (Wildman–Crippen LogP) is 6.75. The molecule has 1 aliphatic heterocycles. The number of halogens is 2. The van der Waals surface area contributed by atoms with Crippen LogP contribution in [0.2, 0.25) is 10.0 Å². The lowest BCUT2D eigenvalue weighted by Crippen LogP contribution is -2.32. The van der Waals surface area contributed by atoms with Crippen LogP contribution in [0, 0.1) is 5.92 Å². The number of hydrogen-bond acceptors (Lipinski definition) is 2. The number of fused-ring (bicyclic) bond motifs is 3. The Kier molecular flexibility index (Phi) is 5.47. The maximum absolute atomic E-state index is 13.1. The number of rotatable bonds is 4. The van der Waals surface area contributed by atoms with E-state index in [0.29, 0.717) is 28.1 Å². The minimum Gasteiger partial charge on any atom is -0.377 e. The molecule has 156 valence electrons. The van der Waals surface area contributed by atoms with Gasteiger partial charge in [0.05, 0.1) is 27.3 Å². The molecule has 2 aliphatic rings. The lowest BCUT2D eigenvalue weighted by molar-refractivity contribution is 0.0951. The first-order valence-corrected chi connectivity index (χ1v) is 11.2. The Hall–Kier alpha value is -2.75. The molecule has 3 aromatic rings. The summed E-state index contributed by atoms with van der Waals surface area (Å²) < 4.78 is 0. The van der Waals surface area contributed by atoms with Crippen LogP contribution in [0.25, 0.3) is 0 Å². The first kappa shape index (κ1) is 20.2. The number of carbonyl (C=O) groups excluding carboxylic acids is 1. The van der Waals surface area contributed by atoms with Gasteiger partial charge in [-0.05, 0) is 41.2 Å². The number of hydrogen-bond donors (Lipinski definition) is 2. The summed E-state index contributed by atoms with van der Waals surface area (Å²) in [5.41, 5.74) is 4.71. The molecule has 0 fully saturated rings. The van der Waals surface area contributed by atoms with Crippen LogP contribution in [-0.2, 0) is 6.54 Å². The van der Waals surface area contributed by atoms with Crippen LogP contribution < -0.4 is 10.6 Å². The first-order valence-electron chi connectivity index (χ1n) is 10.5. The molecule has 3 atom stereocenters. The molecule has 1 amide bonds. The van der Waals surface area contributed by atoms with E-state index in [1.165, 1.54) is 0 Å². The summed E-state index contributed by atoms with van der Waals surface area (Å²) in [6.07, 6.45) is 5.43. The van der Waals surface area contributed by atoms with E-state index in [1.54, 1.807) is 6.07 Å². The summed E-state index contributed by atoms with van der Waals surface area (Å²) in [7, 11) is 0. The molecule has 0 bridgehead atoms. The summed E-state index contributed by atoms with van der Waals surface area (Å²) in [6, 6.07) is 21.6. The van der Waals surface area contributed by atoms with Crippen molar-refractivity contribution in [2.75, 3.05) is 5.32 Å². The van der Waals surface area contributed by atoms with Gasteiger partial charge in [0.25, 0.3) is 5.91 Å². The van der Waals surface area contributed by atoms with Crippen molar-refractivity contribution in [1.82, 2.24) is 5.32 Å². The molecule has 1 aliphatic carbocycles. The molecule has 0 saturated heterocycles. The summed E-state index contributed by atoms with van der Waals surface area (Å²) in [6.45, 7) is 0.485. The molecule has 31 heavy (non-hydrogen) atoms. The summed E-state index contributed by atoms with van der Waals surface area (Å²) in [5.74, 6) is 0.467. The number of nitrogens with one attached hydrogen (secondary N) is 2. The first-order chi connectivity index (χ1) is 15.1. The predicted molar refractivity (Wildman–Crippen MR) is 127 cm³/mol. The highest BCUT2D eigenvalue weighted by Gasteiger charge is 2.40. The van der Waals surface area contributed by atoms with Gasteiger partial charge in [0, 0.05) is 12.5 Å². The molecule has 3 unspecified atom stereocenters. The van der Waals surface area contributed by atoms with E-state index in [9.17, 15) is 4.79 Å². The monoisotopic (exact) mass is 448 g/mol. The standard InChI is InChI=1S/C26H22Cl2N2O/c27-22-14-6-12-20(23(22)28)24-18-10-4-9-17(18)19-11-5-13-21(25(19)30-24)26(31)29-15-16-7-2-1-3-8-16/h1-9,11-14,17-18,24,30H,10,15H2,(H,29,31). The van der Waals surface area contributed by atoms with Gasteiger partial charge in [-0.3, -0.25) is 4.79 Å². The van der Waals surface area contributed by atoms with Crippen molar-refractivity contribution < 1.29 is 4.79 Å². The fourth-order valence-corrected chi connectivity index (χ4v) is 5.18. The van der Waals surface area contributed by atoms with Crippen LogP contribution in [0.1, 0.15) is 45.4 Å². The Morgan fingerprint density at radius 2 is 1.74 bits per heavy atom. The molecule has 3 aromatic carbocycles. The fourth-order valence-electron chi connectivity index (χ4n) is 4.75. The number of anilines is 1. The van der Waals surface area contributed by atoms with Crippen molar-refractivity contribution in [3.05, 3.63) is 111 Å². The van der Waals surface area contributed by atoms with Crippen molar-refractivity contribution in [3.63, 3.8) is 0 Å². The normalized spacial score (nSPS) is 21.2. The number of para-hydroxylation sites is 1. The van der Waals surface area contributed by atoms with Crippen molar-refractivity contribution in [3.8, 4) is 0 Å². The molecule has 5 heteroatoms. The molecule has 0 spiro atoms. The van der Waals surface area contributed by atoms with Crippen LogP contribution in [0.4, 0.5) is 5.69 Å². The minimum atomic E-state index is -0.0930. The van der Waals surface area contributed by atoms with E-state index in [4.69, 9.17) is 23.2 Å². The van der Waals surface area contributed by atoms with E-state index in [2.05, 4.69) is 28.9 Å². The quantitative estimate of drug-likeness (QED) is 0.433. The van der Waals surface area contributed by atoms with Gasteiger partial charge in [-0.15, -0.1) is 0 Å². The minimum absolute atomic E-state index is 0.0261. The largest absolute Gasteiger partial charge is 0.377 e. The van der Waals surface area contributed by atoms with Crippen LogP contribution in [0.3, 0.4) is 0 Å². The molecule has 0 saturated carbocycles. The van der Waals surface area contributed by atoms with E-state index >= 15 is 0 Å². The van der Waals surface area contributed by atoms with E-state index in [-0.39, 0.29) is 17.9 Å². The molecular weight excluding hydrogens is 427 g/mol. The second kappa shape index (κ2) is 8.41. The van der Waals surface area contributed by atoms with Crippen molar-refractivity contribution in [1.29, 1.82) is 0 Å². The van der Waals surface area contributed by atoms with Crippen LogP contribution in [0.15, 0.2) is 78.9 Å². The molecule has 1 heterocycles. The Morgan fingerprint density at radius 1 is 0.968 bits per heavy atom. The molecule has 3 nitrogen and oxygen atoms in total. The Bertz CT molecular complexity index is 1160.